The van der Waals surface area contributed by atoms with Crippen molar-refractivity contribution in [1.29, 1.82) is 5.41 Å². The third-order valence-corrected chi connectivity index (χ3v) is 1.81. The highest BCUT2D eigenvalue weighted by Gasteiger charge is 2.31. The summed E-state index contributed by atoms with van der Waals surface area (Å²) in [6, 6.07) is 0. The molecule has 80 valence electrons. The summed E-state index contributed by atoms with van der Waals surface area (Å²) in [6.07, 6.45) is 0. The summed E-state index contributed by atoms with van der Waals surface area (Å²) < 4.78 is 0. The van der Waals surface area contributed by atoms with Gasteiger partial charge in [0.25, 0.3) is 0 Å². The van der Waals surface area contributed by atoms with Crippen molar-refractivity contribution in [3.05, 3.63) is 0 Å². The molecule has 0 aromatic heterocycles. The third-order valence-electron chi connectivity index (χ3n) is 1.81. The van der Waals surface area contributed by atoms with Gasteiger partial charge in [-0.2, -0.15) is 0 Å². The Balaban J connectivity index is 4.88. The number of nitrogens with one attached hydrogen (secondary N) is 1. The van der Waals surface area contributed by atoms with Crippen molar-refractivity contribution in [3.8, 4) is 0 Å². The largest absolute Gasteiger partial charge is 0.348 e. The SMILES string of the molecule is CC(=N)C(C(=O)N(C)C)C(=O)N(C)C. The van der Waals surface area contributed by atoms with Gasteiger partial charge in [0.2, 0.25) is 11.8 Å². The van der Waals surface area contributed by atoms with Crippen molar-refractivity contribution < 1.29 is 9.59 Å². The molecule has 14 heavy (non-hydrogen) atoms. The molecule has 0 radical (unpaired) electrons. The second kappa shape index (κ2) is 4.74. The van der Waals surface area contributed by atoms with Crippen LogP contribution in [0.25, 0.3) is 0 Å². The fraction of sp³-hybridized carbons (Fsp3) is 0.667. The van der Waals surface area contributed by atoms with E-state index in [9.17, 15) is 9.59 Å². The molecular formula is C9H17N3O2. The predicted molar refractivity (Wildman–Crippen MR) is 54.3 cm³/mol. The maximum absolute atomic E-state index is 11.6. The summed E-state index contributed by atoms with van der Waals surface area (Å²) in [5.74, 6) is -1.67. The Morgan fingerprint density at radius 1 is 1.00 bits per heavy atom. The lowest BCUT2D eigenvalue weighted by Crippen LogP contribution is -2.43. The highest BCUT2D eigenvalue weighted by molar-refractivity contribution is 6.17. The van der Waals surface area contributed by atoms with E-state index >= 15 is 0 Å². The van der Waals surface area contributed by atoms with E-state index in [1.165, 1.54) is 16.7 Å². The van der Waals surface area contributed by atoms with Crippen molar-refractivity contribution in [2.75, 3.05) is 28.2 Å². The average molecular weight is 199 g/mol. The fourth-order valence-electron chi connectivity index (χ4n) is 0.992. The van der Waals surface area contributed by atoms with E-state index in [1.54, 1.807) is 28.2 Å². The lowest BCUT2D eigenvalue weighted by atomic mass is 10.0. The molecule has 0 rings (SSSR count). The van der Waals surface area contributed by atoms with Gasteiger partial charge < -0.3 is 15.2 Å². The monoisotopic (exact) mass is 199 g/mol. The van der Waals surface area contributed by atoms with Crippen molar-refractivity contribution in [2.24, 2.45) is 5.92 Å². The van der Waals surface area contributed by atoms with E-state index in [2.05, 4.69) is 0 Å². The molecule has 0 bridgehead atoms. The van der Waals surface area contributed by atoms with Crippen LogP contribution < -0.4 is 0 Å². The molecule has 0 unspecified atom stereocenters. The second-order valence-electron chi connectivity index (χ2n) is 3.58. The third kappa shape index (κ3) is 2.83. The topological polar surface area (TPSA) is 64.5 Å². The summed E-state index contributed by atoms with van der Waals surface area (Å²) >= 11 is 0. The Hall–Kier alpha value is -1.39. The number of nitrogens with zero attached hydrogens (tertiary/aromatic N) is 2. The van der Waals surface area contributed by atoms with Crippen LogP contribution in [0.2, 0.25) is 0 Å². The van der Waals surface area contributed by atoms with Gasteiger partial charge in [0, 0.05) is 33.9 Å². The fourth-order valence-corrected chi connectivity index (χ4v) is 0.992. The molecule has 0 aliphatic rings. The molecule has 0 heterocycles. The van der Waals surface area contributed by atoms with E-state index in [4.69, 9.17) is 5.41 Å². The minimum atomic E-state index is -0.972. The number of carbonyl (C=O) groups is 2. The second-order valence-corrected chi connectivity index (χ2v) is 3.58. The molecule has 0 spiro atoms. The minimum absolute atomic E-state index is 0.0717. The number of rotatable bonds is 3. The van der Waals surface area contributed by atoms with Crippen molar-refractivity contribution in [1.82, 2.24) is 9.80 Å². The Kier molecular flexibility index (Phi) is 4.27. The van der Waals surface area contributed by atoms with Crippen LogP contribution in [0.1, 0.15) is 6.92 Å². The van der Waals surface area contributed by atoms with Crippen LogP contribution in [0, 0.1) is 11.3 Å². The van der Waals surface area contributed by atoms with Gasteiger partial charge in [-0.3, -0.25) is 9.59 Å². The van der Waals surface area contributed by atoms with E-state index in [0.717, 1.165) is 0 Å². The normalized spacial score (nSPS) is 9.86. The molecule has 0 saturated heterocycles. The maximum atomic E-state index is 11.6. The van der Waals surface area contributed by atoms with E-state index < -0.39 is 5.92 Å². The van der Waals surface area contributed by atoms with Gasteiger partial charge in [0.1, 0.15) is 0 Å². The summed E-state index contributed by atoms with van der Waals surface area (Å²) in [5.41, 5.74) is 0.0717. The smallest absolute Gasteiger partial charge is 0.240 e. The van der Waals surface area contributed by atoms with Crippen molar-refractivity contribution >= 4 is 17.5 Å². The first-order valence-electron chi connectivity index (χ1n) is 4.26. The molecule has 0 aliphatic carbocycles. The number of amides is 2. The van der Waals surface area contributed by atoms with Crippen LogP contribution in [-0.2, 0) is 9.59 Å². The van der Waals surface area contributed by atoms with E-state index in [0.29, 0.717) is 0 Å². The Morgan fingerprint density at radius 2 is 1.29 bits per heavy atom. The zero-order chi connectivity index (χ0) is 11.5. The number of carbonyl (C=O) groups excluding carboxylic acids is 2. The molecule has 2 amide bonds. The molecule has 0 aromatic rings. The summed E-state index contributed by atoms with van der Waals surface area (Å²) in [6.45, 7) is 1.47. The van der Waals surface area contributed by atoms with Crippen LogP contribution >= 0.6 is 0 Å². The van der Waals surface area contributed by atoms with Crippen LogP contribution in [0.15, 0.2) is 0 Å². The van der Waals surface area contributed by atoms with Gasteiger partial charge >= 0.3 is 0 Å². The number of hydrogen-bond acceptors (Lipinski definition) is 3. The predicted octanol–water partition coefficient (Wildman–Crippen LogP) is -0.181. The molecular weight excluding hydrogens is 182 g/mol. The minimum Gasteiger partial charge on any atom is -0.348 e. The molecule has 0 fully saturated rings. The molecule has 1 N–H and O–H groups in total. The quantitative estimate of drug-likeness (QED) is 0.506. The maximum Gasteiger partial charge on any atom is 0.240 e. The summed E-state index contributed by atoms with van der Waals surface area (Å²) in [5, 5.41) is 7.40. The van der Waals surface area contributed by atoms with Crippen LogP contribution in [0.4, 0.5) is 0 Å². The van der Waals surface area contributed by atoms with Gasteiger partial charge in [0.05, 0.1) is 0 Å². The average Bonchev–Trinajstić information content (AvgIpc) is 2.03. The molecule has 0 saturated carbocycles. The van der Waals surface area contributed by atoms with E-state index in [-0.39, 0.29) is 17.5 Å². The Morgan fingerprint density at radius 3 is 1.43 bits per heavy atom. The lowest BCUT2D eigenvalue weighted by Gasteiger charge is -2.21. The summed E-state index contributed by atoms with van der Waals surface area (Å²) in [4.78, 5) is 25.8. The Bertz CT molecular complexity index is 239. The molecule has 0 aliphatic heterocycles. The van der Waals surface area contributed by atoms with E-state index in [1.807, 2.05) is 0 Å². The molecule has 0 atom stereocenters. The lowest BCUT2D eigenvalue weighted by molar-refractivity contribution is -0.141. The highest BCUT2D eigenvalue weighted by atomic mass is 16.2. The molecule has 5 heteroatoms. The number of hydrogen-bond donors (Lipinski definition) is 1. The van der Waals surface area contributed by atoms with Crippen molar-refractivity contribution in [3.63, 3.8) is 0 Å². The van der Waals surface area contributed by atoms with Gasteiger partial charge in [-0.15, -0.1) is 0 Å². The van der Waals surface area contributed by atoms with Crippen molar-refractivity contribution in [2.45, 2.75) is 6.92 Å². The summed E-state index contributed by atoms with van der Waals surface area (Å²) in [7, 11) is 6.28. The first-order chi connectivity index (χ1) is 6.29. The van der Waals surface area contributed by atoms with Gasteiger partial charge in [-0.25, -0.2) is 0 Å². The van der Waals surface area contributed by atoms with Gasteiger partial charge in [-0.1, -0.05) is 0 Å². The molecule has 0 aromatic carbocycles. The zero-order valence-corrected chi connectivity index (χ0v) is 9.29. The van der Waals surface area contributed by atoms with Crippen LogP contribution in [0.3, 0.4) is 0 Å². The first kappa shape index (κ1) is 12.6. The zero-order valence-electron chi connectivity index (χ0n) is 9.29. The standard InChI is InChI=1S/C9H17N3O2/c1-6(10)7(8(13)11(2)3)9(14)12(4)5/h7,10H,1-5H3. The van der Waals surface area contributed by atoms with Gasteiger partial charge in [0.15, 0.2) is 5.92 Å². The highest BCUT2D eigenvalue weighted by Crippen LogP contribution is 2.06. The van der Waals surface area contributed by atoms with Crippen LogP contribution in [0.5, 0.6) is 0 Å². The first-order valence-corrected chi connectivity index (χ1v) is 4.26. The van der Waals surface area contributed by atoms with Gasteiger partial charge in [-0.05, 0) is 6.92 Å². The Labute approximate surface area is 84.2 Å². The molecule has 5 nitrogen and oxygen atoms in total. The van der Waals surface area contributed by atoms with Crippen LogP contribution in [-0.4, -0.2) is 55.5 Å².